The van der Waals surface area contributed by atoms with E-state index in [0.717, 1.165) is 18.8 Å². The molecule has 70 valence electrons. The molecule has 12 heavy (non-hydrogen) atoms. The Morgan fingerprint density at radius 2 is 2.00 bits per heavy atom. The second-order valence-electron chi connectivity index (χ2n) is 3.41. The fraction of sp³-hybridized carbons (Fsp3) is 0.667. The van der Waals surface area contributed by atoms with Crippen LogP contribution in [0.1, 0.15) is 40.0 Å². The van der Waals surface area contributed by atoms with Crippen molar-refractivity contribution in [1.82, 2.24) is 0 Å². The summed E-state index contributed by atoms with van der Waals surface area (Å²) in [6.45, 7) is 10.5. The maximum Gasteiger partial charge on any atom is -0.0173 e. The molecule has 0 fully saturated rings. The maximum atomic E-state index is 3.79. The predicted octanol–water partition coefficient (Wildman–Crippen LogP) is 4.19. The lowest BCUT2D eigenvalue weighted by Crippen LogP contribution is -2.06. The maximum absolute atomic E-state index is 3.79. The van der Waals surface area contributed by atoms with Crippen LogP contribution in [-0.2, 0) is 0 Å². The highest BCUT2D eigenvalue weighted by Crippen LogP contribution is 2.20. The molecule has 0 aromatic heterocycles. The zero-order valence-electron chi connectivity index (χ0n) is 8.72. The molecule has 0 aliphatic carbocycles. The van der Waals surface area contributed by atoms with Gasteiger partial charge in [-0.05, 0) is 24.7 Å². The average Bonchev–Trinajstić information content (AvgIpc) is 2.11. The average molecular weight is 166 g/mol. The summed E-state index contributed by atoms with van der Waals surface area (Å²) in [5.74, 6) is 1.48. The highest BCUT2D eigenvalue weighted by Gasteiger charge is 2.09. The minimum Gasteiger partial charge on any atom is -0.103 e. The molecule has 0 heteroatoms. The van der Waals surface area contributed by atoms with Gasteiger partial charge in [0.05, 0.1) is 0 Å². The molecule has 0 spiro atoms. The van der Waals surface area contributed by atoms with Gasteiger partial charge in [-0.3, -0.25) is 0 Å². The van der Waals surface area contributed by atoms with Crippen LogP contribution in [-0.4, -0.2) is 0 Å². The zero-order valence-corrected chi connectivity index (χ0v) is 8.72. The molecule has 0 aliphatic rings. The Hall–Kier alpha value is -0.520. The van der Waals surface area contributed by atoms with E-state index in [1.54, 1.807) is 0 Å². The van der Waals surface area contributed by atoms with E-state index in [9.17, 15) is 0 Å². The van der Waals surface area contributed by atoms with Crippen molar-refractivity contribution in [3.8, 4) is 0 Å². The molecule has 0 aromatic carbocycles. The first kappa shape index (κ1) is 11.5. The van der Waals surface area contributed by atoms with Crippen LogP contribution < -0.4 is 0 Å². The Balaban J connectivity index is 4.01. The van der Waals surface area contributed by atoms with Crippen LogP contribution in [0, 0.1) is 11.8 Å². The first-order valence-electron chi connectivity index (χ1n) is 5.03. The zero-order chi connectivity index (χ0) is 9.40. The molecule has 2 atom stereocenters. The van der Waals surface area contributed by atoms with Crippen LogP contribution in [0.4, 0.5) is 0 Å². The van der Waals surface area contributed by atoms with Crippen molar-refractivity contribution in [2.75, 3.05) is 0 Å². The van der Waals surface area contributed by atoms with Crippen molar-refractivity contribution in [2.24, 2.45) is 11.8 Å². The molecule has 0 aliphatic heterocycles. The van der Waals surface area contributed by atoms with E-state index in [4.69, 9.17) is 0 Å². The summed E-state index contributed by atoms with van der Waals surface area (Å²) in [6, 6.07) is 0. The molecule has 0 nitrogen and oxygen atoms in total. The molecule has 0 bridgehead atoms. The number of allylic oxidation sites excluding steroid dienone is 3. The SMILES string of the molecule is C=CCC(/C=C\CC)C(C)CC. The van der Waals surface area contributed by atoms with Gasteiger partial charge in [0.15, 0.2) is 0 Å². The molecule has 0 amide bonds. The van der Waals surface area contributed by atoms with Gasteiger partial charge in [-0.2, -0.15) is 0 Å². The van der Waals surface area contributed by atoms with Crippen LogP contribution >= 0.6 is 0 Å². The van der Waals surface area contributed by atoms with Crippen molar-refractivity contribution < 1.29 is 0 Å². The molecule has 0 radical (unpaired) electrons. The molecular weight excluding hydrogens is 144 g/mol. The molecule has 0 rings (SSSR count). The van der Waals surface area contributed by atoms with E-state index < -0.39 is 0 Å². The summed E-state index contributed by atoms with van der Waals surface area (Å²) < 4.78 is 0. The van der Waals surface area contributed by atoms with E-state index in [2.05, 4.69) is 39.5 Å². The van der Waals surface area contributed by atoms with Gasteiger partial charge >= 0.3 is 0 Å². The second kappa shape index (κ2) is 7.15. The predicted molar refractivity (Wildman–Crippen MR) is 57.2 cm³/mol. The number of hydrogen-bond donors (Lipinski definition) is 0. The van der Waals surface area contributed by atoms with Crippen molar-refractivity contribution in [3.05, 3.63) is 24.8 Å². The monoisotopic (exact) mass is 166 g/mol. The van der Waals surface area contributed by atoms with Crippen LogP contribution in [0.3, 0.4) is 0 Å². The Morgan fingerprint density at radius 1 is 1.33 bits per heavy atom. The normalized spacial score (nSPS) is 16.2. The topological polar surface area (TPSA) is 0 Å². The lowest BCUT2D eigenvalue weighted by molar-refractivity contribution is 0.419. The lowest BCUT2D eigenvalue weighted by atomic mass is 9.88. The fourth-order valence-corrected chi connectivity index (χ4v) is 1.31. The van der Waals surface area contributed by atoms with Gasteiger partial charge in [0.1, 0.15) is 0 Å². The standard InChI is InChI=1S/C12H22/c1-5-8-10-12(9-6-2)11(4)7-3/h6,8,10-12H,2,5,7,9H2,1,3-4H3/b10-8-. The fourth-order valence-electron chi connectivity index (χ4n) is 1.31. The first-order valence-corrected chi connectivity index (χ1v) is 5.03. The summed E-state index contributed by atoms with van der Waals surface area (Å²) in [4.78, 5) is 0. The molecule has 2 unspecified atom stereocenters. The Bertz CT molecular complexity index is 133. The summed E-state index contributed by atoms with van der Waals surface area (Å²) in [5.41, 5.74) is 0. The summed E-state index contributed by atoms with van der Waals surface area (Å²) in [7, 11) is 0. The van der Waals surface area contributed by atoms with Gasteiger partial charge < -0.3 is 0 Å². The third-order valence-electron chi connectivity index (χ3n) is 2.43. The summed E-state index contributed by atoms with van der Waals surface area (Å²) in [6.07, 6.45) is 10.1. The smallest absolute Gasteiger partial charge is 0.0173 e. The second-order valence-corrected chi connectivity index (χ2v) is 3.41. The molecule has 0 saturated heterocycles. The molecular formula is C12H22. The van der Waals surface area contributed by atoms with Gasteiger partial charge in [-0.1, -0.05) is 45.4 Å². The van der Waals surface area contributed by atoms with Crippen molar-refractivity contribution in [1.29, 1.82) is 0 Å². The largest absolute Gasteiger partial charge is 0.103 e. The lowest BCUT2D eigenvalue weighted by Gasteiger charge is -2.17. The van der Waals surface area contributed by atoms with Crippen molar-refractivity contribution >= 4 is 0 Å². The molecule has 0 aromatic rings. The molecule has 0 saturated carbocycles. The molecule has 0 N–H and O–H groups in total. The number of rotatable bonds is 6. The van der Waals surface area contributed by atoms with E-state index in [1.165, 1.54) is 6.42 Å². The minimum absolute atomic E-state index is 0.701. The highest BCUT2D eigenvalue weighted by molar-refractivity contribution is 4.93. The number of hydrogen-bond acceptors (Lipinski definition) is 0. The molecule has 0 heterocycles. The van der Waals surface area contributed by atoms with E-state index in [-0.39, 0.29) is 0 Å². The first-order chi connectivity index (χ1) is 5.76. The van der Waals surface area contributed by atoms with Gasteiger partial charge in [0, 0.05) is 0 Å². The van der Waals surface area contributed by atoms with Crippen LogP contribution in [0.5, 0.6) is 0 Å². The van der Waals surface area contributed by atoms with Gasteiger partial charge in [0.25, 0.3) is 0 Å². The quantitative estimate of drug-likeness (QED) is 0.519. The Morgan fingerprint density at radius 3 is 2.42 bits per heavy atom. The van der Waals surface area contributed by atoms with Gasteiger partial charge in [-0.25, -0.2) is 0 Å². The summed E-state index contributed by atoms with van der Waals surface area (Å²) in [5, 5.41) is 0. The van der Waals surface area contributed by atoms with Crippen molar-refractivity contribution in [3.63, 3.8) is 0 Å². The Kier molecular flexibility index (Phi) is 6.84. The Labute approximate surface area is 77.4 Å². The van der Waals surface area contributed by atoms with Crippen LogP contribution in [0.25, 0.3) is 0 Å². The highest BCUT2D eigenvalue weighted by atomic mass is 14.1. The minimum atomic E-state index is 0.701. The van der Waals surface area contributed by atoms with Gasteiger partial charge in [0.2, 0.25) is 0 Å². The van der Waals surface area contributed by atoms with Crippen LogP contribution in [0.2, 0.25) is 0 Å². The third kappa shape index (κ3) is 4.38. The van der Waals surface area contributed by atoms with E-state index in [0.29, 0.717) is 5.92 Å². The van der Waals surface area contributed by atoms with Gasteiger partial charge in [-0.15, -0.1) is 6.58 Å². The summed E-state index contributed by atoms with van der Waals surface area (Å²) >= 11 is 0. The third-order valence-corrected chi connectivity index (χ3v) is 2.43. The van der Waals surface area contributed by atoms with Crippen LogP contribution in [0.15, 0.2) is 24.8 Å². The van der Waals surface area contributed by atoms with Crippen molar-refractivity contribution in [2.45, 2.75) is 40.0 Å². The van der Waals surface area contributed by atoms with E-state index in [1.807, 2.05) is 6.08 Å². The van der Waals surface area contributed by atoms with E-state index >= 15 is 0 Å².